The molecule has 1 rings (SSSR count). The number of aromatic nitrogens is 2. The van der Waals surface area contributed by atoms with Crippen molar-refractivity contribution in [2.24, 2.45) is 5.92 Å². The van der Waals surface area contributed by atoms with Gasteiger partial charge in [0.1, 0.15) is 18.2 Å². The van der Waals surface area contributed by atoms with Gasteiger partial charge in [-0.1, -0.05) is 13.8 Å². The molecule has 1 atom stereocenters. The predicted octanol–water partition coefficient (Wildman–Crippen LogP) is 1.78. The van der Waals surface area contributed by atoms with Crippen molar-refractivity contribution in [3.8, 4) is 5.88 Å². The van der Waals surface area contributed by atoms with Gasteiger partial charge >= 0.3 is 5.97 Å². The number of nitrogens with zero attached hydrogens (tertiary/aromatic N) is 2. The van der Waals surface area contributed by atoms with Gasteiger partial charge in [0.25, 0.3) is 0 Å². The van der Waals surface area contributed by atoms with Gasteiger partial charge in [0.15, 0.2) is 0 Å². The summed E-state index contributed by atoms with van der Waals surface area (Å²) in [5, 5.41) is 11.9. The fraction of sp³-hybridized carbons (Fsp3) is 0.583. The average molecular weight is 253 g/mol. The number of carbonyl (C=O) groups is 1. The third kappa shape index (κ3) is 4.20. The number of anilines is 1. The third-order valence-electron chi connectivity index (χ3n) is 2.23. The minimum atomic E-state index is -0.907. The van der Waals surface area contributed by atoms with Crippen LogP contribution in [0.2, 0.25) is 0 Å². The number of aliphatic carboxylic acids is 1. The topological polar surface area (TPSA) is 84.3 Å². The molecule has 18 heavy (non-hydrogen) atoms. The summed E-state index contributed by atoms with van der Waals surface area (Å²) < 4.78 is 5.42. The molecule has 0 radical (unpaired) electrons. The van der Waals surface area contributed by atoms with Crippen LogP contribution in [0, 0.1) is 5.92 Å². The first kappa shape index (κ1) is 14.2. The van der Waals surface area contributed by atoms with Gasteiger partial charge in [-0.15, -0.1) is 0 Å². The van der Waals surface area contributed by atoms with Gasteiger partial charge in [-0.05, 0) is 19.8 Å². The summed E-state index contributed by atoms with van der Waals surface area (Å²) in [4.78, 5) is 19.0. The highest BCUT2D eigenvalue weighted by molar-refractivity contribution is 5.77. The molecule has 1 aromatic heterocycles. The van der Waals surface area contributed by atoms with Crippen LogP contribution in [0.4, 0.5) is 5.82 Å². The van der Waals surface area contributed by atoms with E-state index in [1.807, 2.05) is 27.7 Å². The van der Waals surface area contributed by atoms with Crippen molar-refractivity contribution in [3.63, 3.8) is 0 Å². The molecule has 0 saturated heterocycles. The summed E-state index contributed by atoms with van der Waals surface area (Å²) in [6.07, 6.45) is 1.35. The van der Waals surface area contributed by atoms with Gasteiger partial charge in [-0.3, -0.25) is 0 Å². The van der Waals surface area contributed by atoms with E-state index in [2.05, 4.69) is 15.3 Å². The number of ether oxygens (including phenoxy) is 1. The molecule has 1 unspecified atom stereocenters. The van der Waals surface area contributed by atoms with Crippen LogP contribution in [-0.2, 0) is 4.79 Å². The molecule has 0 aromatic carbocycles. The van der Waals surface area contributed by atoms with Crippen molar-refractivity contribution in [2.75, 3.05) is 5.32 Å². The molecule has 0 aliphatic rings. The van der Waals surface area contributed by atoms with Crippen LogP contribution < -0.4 is 10.1 Å². The summed E-state index contributed by atoms with van der Waals surface area (Å²) in [5.74, 6) is -0.0842. The summed E-state index contributed by atoms with van der Waals surface area (Å²) >= 11 is 0. The summed E-state index contributed by atoms with van der Waals surface area (Å²) in [6.45, 7) is 7.45. The largest absolute Gasteiger partial charge is 0.480 e. The Labute approximate surface area is 106 Å². The van der Waals surface area contributed by atoms with Gasteiger partial charge in [0, 0.05) is 6.07 Å². The predicted molar refractivity (Wildman–Crippen MR) is 67.7 cm³/mol. The number of carboxylic acids is 1. The summed E-state index contributed by atoms with van der Waals surface area (Å²) in [5.41, 5.74) is 0. The Hall–Kier alpha value is -1.85. The fourth-order valence-electron chi connectivity index (χ4n) is 1.40. The molecule has 100 valence electrons. The molecule has 0 bridgehead atoms. The zero-order chi connectivity index (χ0) is 13.7. The van der Waals surface area contributed by atoms with Crippen LogP contribution in [0.3, 0.4) is 0 Å². The highest BCUT2D eigenvalue weighted by atomic mass is 16.5. The standard InChI is InChI=1S/C12H19N3O3/c1-7(2)11(12(16)17)15-9-5-10(14-6-13-9)18-8(3)4/h5-8,11H,1-4H3,(H,16,17)(H,13,14,15). The van der Waals surface area contributed by atoms with E-state index in [0.29, 0.717) is 11.7 Å². The number of carboxylic acid groups (broad SMARTS) is 1. The van der Waals surface area contributed by atoms with Crippen LogP contribution in [-0.4, -0.2) is 33.2 Å². The van der Waals surface area contributed by atoms with Crippen LogP contribution in [0.5, 0.6) is 5.88 Å². The molecule has 2 N–H and O–H groups in total. The molecule has 6 heteroatoms. The van der Waals surface area contributed by atoms with Crippen molar-refractivity contribution >= 4 is 11.8 Å². The molecular weight excluding hydrogens is 234 g/mol. The zero-order valence-corrected chi connectivity index (χ0v) is 11.0. The van der Waals surface area contributed by atoms with E-state index >= 15 is 0 Å². The van der Waals surface area contributed by atoms with Gasteiger partial charge in [0.2, 0.25) is 5.88 Å². The van der Waals surface area contributed by atoms with E-state index in [1.54, 1.807) is 6.07 Å². The molecule has 0 aliphatic carbocycles. The molecule has 6 nitrogen and oxygen atoms in total. The average Bonchev–Trinajstić information content (AvgIpc) is 2.24. The Bertz CT molecular complexity index is 407. The maximum Gasteiger partial charge on any atom is 0.326 e. The van der Waals surface area contributed by atoms with Crippen LogP contribution in [0.25, 0.3) is 0 Å². The van der Waals surface area contributed by atoms with E-state index in [0.717, 1.165) is 0 Å². The number of hydrogen-bond acceptors (Lipinski definition) is 5. The normalized spacial score (nSPS) is 12.6. The van der Waals surface area contributed by atoms with E-state index in [4.69, 9.17) is 9.84 Å². The van der Waals surface area contributed by atoms with Crippen molar-refractivity contribution < 1.29 is 14.6 Å². The SMILES string of the molecule is CC(C)Oc1cc(NC(C(=O)O)C(C)C)ncn1. The molecule has 0 aliphatic heterocycles. The van der Waals surface area contributed by atoms with Crippen LogP contribution in [0.15, 0.2) is 12.4 Å². The van der Waals surface area contributed by atoms with Gasteiger partial charge < -0.3 is 15.2 Å². The zero-order valence-electron chi connectivity index (χ0n) is 11.0. The van der Waals surface area contributed by atoms with Gasteiger partial charge in [-0.25, -0.2) is 14.8 Å². The van der Waals surface area contributed by atoms with Crippen molar-refractivity contribution in [3.05, 3.63) is 12.4 Å². The van der Waals surface area contributed by atoms with E-state index < -0.39 is 12.0 Å². The molecule has 1 aromatic rings. The van der Waals surface area contributed by atoms with Crippen molar-refractivity contribution in [1.29, 1.82) is 0 Å². The van der Waals surface area contributed by atoms with Crippen LogP contribution >= 0.6 is 0 Å². The van der Waals surface area contributed by atoms with E-state index in [-0.39, 0.29) is 12.0 Å². The lowest BCUT2D eigenvalue weighted by Crippen LogP contribution is -2.34. The smallest absolute Gasteiger partial charge is 0.326 e. The second kappa shape index (κ2) is 6.18. The minimum absolute atomic E-state index is 0.00752. The lowest BCUT2D eigenvalue weighted by molar-refractivity contribution is -0.138. The Morgan fingerprint density at radius 3 is 2.50 bits per heavy atom. The monoisotopic (exact) mass is 253 g/mol. The molecule has 1 heterocycles. The van der Waals surface area contributed by atoms with Gasteiger partial charge in [0.05, 0.1) is 6.10 Å². The molecular formula is C12H19N3O3. The van der Waals surface area contributed by atoms with Crippen molar-refractivity contribution in [2.45, 2.75) is 39.8 Å². The Morgan fingerprint density at radius 1 is 1.33 bits per heavy atom. The number of nitrogens with one attached hydrogen (secondary N) is 1. The first-order valence-electron chi connectivity index (χ1n) is 5.88. The quantitative estimate of drug-likeness (QED) is 0.804. The molecule has 0 amide bonds. The summed E-state index contributed by atoms with van der Waals surface area (Å²) in [7, 11) is 0. The maximum absolute atomic E-state index is 11.1. The number of rotatable bonds is 6. The Balaban J connectivity index is 2.80. The minimum Gasteiger partial charge on any atom is -0.480 e. The Morgan fingerprint density at radius 2 is 2.00 bits per heavy atom. The lowest BCUT2D eigenvalue weighted by atomic mass is 10.1. The van der Waals surface area contributed by atoms with E-state index in [1.165, 1.54) is 6.33 Å². The van der Waals surface area contributed by atoms with E-state index in [9.17, 15) is 4.79 Å². The Kier molecular flexibility index (Phi) is 4.88. The van der Waals surface area contributed by atoms with Crippen molar-refractivity contribution in [1.82, 2.24) is 9.97 Å². The lowest BCUT2D eigenvalue weighted by Gasteiger charge is -2.18. The molecule has 0 spiro atoms. The third-order valence-corrected chi connectivity index (χ3v) is 2.23. The molecule has 0 fully saturated rings. The fourth-order valence-corrected chi connectivity index (χ4v) is 1.40. The summed E-state index contributed by atoms with van der Waals surface area (Å²) in [6, 6.07) is 0.907. The maximum atomic E-state index is 11.1. The van der Waals surface area contributed by atoms with Crippen LogP contribution in [0.1, 0.15) is 27.7 Å². The second-order valence-electron chi connectivity index (χ2n) is 4.61. The van der Waals surface area contributed by atoms with Gasteiger partial charge in [-0.2, -0.15) is 0 Å². The second-order valence-corrected chi connectivity index (χ2v) is 4.61. The first-order valence-corrected chi connectivity index (χ1v) is 5.88. The first-order chi connectivity index (χ1) is 8.40. The highest BCUT2D eigenvalue weighted by Gasteiger charge is 2.21. The molecule has 0 saturated carbocycles. The highest BCUT2D eigenvalue weighted by Crippen LogP contribution is 2.15. The number of hydrogen-bond donors (Lipinski definition) is 2.